The molecule has 35 heavy (non-hydrogen) atoms. The molecule has 176 valence electrons. The average molecular weight is 613 g/mol. The molecule has 3 aromatic rings. The van der Waals surface area contributed by atoms with Crippen molar-refractivity contribution in [2.45, 2.75) is 12.8 Å². The molecule has 1 atom stereocenters. The smallest absolute Gasteiger partial charge is 0.254 e. The number of nitriles is 1. The van der Waals surface area contributed by atoms with Gasteiger partial charge in [-0.05, 0) is 77.4 Å². The molecule has 0 aliphatic carbocycles. The van der Waals surface area contributed by atoms with Crippen molar-refractivity contribution in [3.63, 3.8) is 0 Å². The van der Waals surface area contributed by atoms with Crippen molar-refractivity contribution in [1.82, 2.24) is 5.32 Å². The maximum absolute atomic E-state index is 13.3. The van der Waals surface area contributed by atoms with Gasteiger partial charge in [-0.15, -0.1) is 11.3 Å². The minimum absolute atomic E-state index is 0.121. The first-order valence-electron chi connectivity index (χ1n) is 10.7. The predicted octanol–water partition coefficient (Wildman–Crippen LogP) is 6.06. The molecule has 9 heteroatoms. The molecular weight excluding hydrogens is 591 g/mol. The topological polar surface area (TPSA) is 94.0 Å². The number of nitrogens with one attached hydrogen (secondary N) is 3. The third-order valence-corrected chi connectivity index (χ3v) is 7.90. The van der Waals surface area contributed by atoms with Crippen LogP contribution < -0.4 is 16.0 Å². The van der Waals surface area contributed by atoms with Gasteiger partial charge in [-0.25, -0.2) is 0 Å². The van der Waals surface area contributed by atoms with Crippen molar-refractivity contribution in [3.05, 3.63) is 102 Å². The molecule has 4 rings (SSSR count). The second-order valence-electron chi connectivity index (χ2n) is 7.63. The third-order valence-electron chi connectivity index (χ3n) is 5.23. The van der Waals surface area contributed by atoms with Crippen molar-refractivity contribution in [3.8, 4) is 6.07 Å². The molecular formula is C26H21IN4O2S2. The molecule has 6 nitrogen and oxygen atoms in total. The predicted molar refractivity (Wildman–Crippen MR) is 151 cm³/mol. The van der Waals surface area contributed by atoms with Crippen LogP contribution in [0.2, 0.25) is 0 Å². The summed E-state index contributed by atoms with van der Waals surface area (Å²) in [6, 6.07) is 22.9. The molecule has 0 spiro atoms. The zero-order chi connectivity index (χ0) is 24.8. The fraction of sp³-hybridized carbons (Fsp3) is 0.115. The Morgan fingerprint density at radius 2 is 1.77 bits per heavy atom. The summed E-state index contributed by atoms with van der Waals surface area (Å²) >= 11 is 4.95. The molecule has 3 N–H and O–H groups in total. The molecule has 0 bridgehead atoms. The summed E-state index contributed by atoms with van der Waals surface area (Å²) in [5, 5.41) is 21.7. The summed E-state index contributed by atoms with van der Waals surface area (Å²) in [6.45, 7) is 1.82. The number of hydrogen-bond donors (Lipinski definition) is 3. The van der Waals surface area contributed by atoms with Crippen LogP contribution in [0, 0.1) is 14.9 Å². The lowest BCUT2D eigenvalue weighted by molar-refractivity contribution is -0.114. The van der Waals surface area contributed by atoms with E-state index in [2.05, 4.69) is 44.6 Å². The van der Waals surface area contributed by atoms with Crippen LogP contribution in [-0.2, 0) is 9.59 Å². The van der Waals surface area contributed by atoms with Crippen LogP contribution in [0.15, 0.2) is 94.0 Å². The summed E-state index contributed by atoms with van der Waals surface area (Å²) in [4.78, 5) is 26.8. The number of para-hydroxylation sites is 1. The zero-order valence-electron chi connectivity index (χ0n) is 18.7. The number of dihydropyridines is 1. The highest BCUT2D eigenvalue weighted by atomic mass is 127. The van der Waals surface area contributed by atoms with Crippen molar-refractivity contribution in [1.29, 1.82) is 5.26 Å². The molecule has 2 heterocycles. The minimum atomic E-state index is -0.522. The molecule has 1 aliphatic heterocycles. The van der Waals surface area contributed by atoms with Gasteiger partial charge in [-0.1, -0.05) is 36.0 Å². The van der Waals surface area contributed by atoms with Crippen LogP contribution in [-0.4, -0.2) is 17.6 Å². The second-order valence-corrected chi connectivity index (χ2v) is 10.8. The number of carbonyl (C=O) groups excluding carboxylic acids is 2. The molecule has 0 radical (unpaired) electrons. The summed E-state index contributed by atoms with van der Waals surface area (Å²) in [5.41, 5.74) is 2.95. The van der Waals surface area contributed by atoms with E-state index in [0.717, 1.165) is 14.1 Å². The minimum Gasteiger partial charge on any atom is -0.353 e. The van der Waals surface area contributed by atoms with Crippen molar-refractivity contribution in [2.24, 2.45) is 0 Å². The van der Waals surface area contributed by atoms with Crippen LogP contribution >= 0.6 is 45.7 Å². The van der Waals surface area contributed by atoms with E-state index in [9.17, 15) is 14.9 Å². The van der Waals surface area contributed by atoms with Gasteiger partial charge in [0, 0.05) is 31.1 Å². The Labute approximate surface area is 225 Å². The van der Waals surface area contributed by atoms with Crippen LogP contribution in [0.4, 0.5) is 11.4 Å². The number of hydrogen-bond acceptors (Lipinski definition) is 6. The van der Waals surface area contributed by atoms with E-state index in [1.54, 1.807) is 0 Å². The molecule has 0 unspecified atom stereocenters. The Kier molecular flexibility index (Phi) is 8.28. The van der Waals surface area contributed by atoms with E-state index in [4.69, 9.17) is 0 Å². The van der Waals surface area contributed by atoms with Gasteiger partial charge < -0.3 is 16.0 Å². The van der Waals surface area contributed by atoms with E-state index >= 15 is 0 Å². The highest BCUT2D eigenvalue weighted by Crippen LogP contribution is 2.42. The van der Waals surface area contributed by atoms with Gasteiger partial charge in [0.1, 0.15) is 0 Å². The Balaban J connectivity index is 1.57. The Morgan fingerprint density at radius 1 is 1.06 bits per heavy atom. The molecule has 0 fully saturated rings. The van der Waals surface area contributed by atoms with Crippen LogP contribution in [0.5, 0.6) is 0 Å². The second kappa shape index (κ2) is 11.6. The molecule has 2 amide bonds. The standard InChI is InChI=1S/C26H21IN4O2S2/c1-16-23(25(33)31-18-6-3-2-4-7-18)24(21-8-5-13-34-21)20(14-28)26(29-16)35-15-22(32)30-19-11-9-17(27)10-12-19/h2-13,24,29H,15H2,1H3,(H,30,32)(H,31,33)/t24-/m0/s1. The van der Waals surface area contributed by atoms with Crippen molar-refractivity contribution in [2.75, 3.05) is 16.4 Å². The first-order valence-corrected chi connectivity index (χ1v) is 13.6. The highest BCUT2D eigenvalue weighted by Gasteiger charge is 2.35. The van der Waals surface area contributed by atoms with E-state index in [1.807, 2.05) is 79.0 Å². The highest BCUT2D eigenvalue weighted by molar-refractivity contribution is 14.1. The van der Waals surface area contributed by atoms with E-state index in [0.29, 0.717) is 27.6 Å². The SMILES string of the molecule is CC1=C(C(=O)Nc2ccccc2)[C@H](c2cccs2)C(C#N)=C(SCC(=O)Nc2ccc(I)cc2)N1. The summed E-state index contributed by atoms with van der Waals surface area (Å²) in [7, 11) is 0. The summed E-state index contributed by atoms with van der Waals surface area (Å²) in [5.74, 6) is -0.848. The number of nitrogens with zero attached hydrogens (tertiary/aromatic N) is 1. The number of halogens is 1. The van der Waals surface area contributed by atoms with Gasteiger partial charge in [0.2, 0.25) is 5.91 Å². The Hall–Kier alpha value is -3.07. The van der Waals surface area contributed by atoms with Gasteiger partial charge >= 0.3 is 0 Å². The molecule has 2 aromatic carbocycles. The van der Waals surface area contributed by atoms with Gasteiger partial charge in [0.25, 0.3) is 5.91 Å². The van der Waals surface area contributed by atoms with Crippen molar-refractivity contribution >= 4 is 68.9 Å². The Bertz CT molecular complexity index is 1330. The van der Waals surface area contributed by atoms with E-state index in [-0.39, 0.29) is 17.6 Å². The zero-order valence-corrected chi connectivity index (χ0v) is 22.5. The number of rotatable bonds is 7. The lowest BCUT2D eigenvalue weighted by atomic mass is 9.86. The summed E-state index contributed by atoms with van der Waals surface area (Å²) < 4.78 is 1.08. The fourth-order valence-corrected chi connectivity index (χ4v) is 5.75. The lowest BCUT2D eigenvalue weighted by Crippen LogP contribution is -2.30. The first kappa shape index (κ1) is 25.0. The number of carbonyl (C=O) groups is 2. The van der Waals surface area contributed by atoms with Crippen LogP contribution in [0.3, 0.4) is 0 Å². The first-order chi connectivity index (χ1) is 17.0. The largest absolute Gasteiger partial charge is 0.353 e. The van der Waals surface area contributed by atoms with Gasteiger partial charge in [0.05, 0.1) is 28.3 Å². The number of thioether (sulfide) groups is 1. The number of benzene rings is 2. The third kappa shape index (κ3) is 6.14. The molecule has 0 saturated carbocycles. The summed E-state index contributed by atoms with van der Waals surface area (Å²) in [6.07, 6.45) is 0. The van der Waals surface area contributed by atoms with E-state index < -0.39 is 5.92 Å². The average Bonchev–Trinajstić information content (AvgIpc) is 3.39. The quantitative estimate of drug-likeness (QED) is 0.282. The molecule has 1 aliphatic rings. The van der Waals surface area contributed by atoms with E-state index in [1.165, 1.54) is 23.1 Å². The molecule has 1 aromatic heterocycles. The fourth-order valence-electron chi connectivity index (χ4n) is 3.66. The Morgan fingerprint density at radius 3 is 2.43 bits per heavy atom. The lowest BCUT2D eigenvalue weighted by Gasteiger charge is -2.29. The number of thiophene rings is 1. The van der Waals surface area contributed by atoms with Gasteiger partial charge in [-0.2, -0.15) is 5.26 Å². The number of amides is 2. The van der Waals surface area contributed by atoms with Gasteiger partial charge in [-0.3, -0.25) is 9.59 Å². The number of anilines is 2. The maximum Gasteiger partial charge on any atom is 0.254 e. The molecule has 0 saturated heterocycles. The maximum atomic E-state index is 13.3. The van der Waals surface area contributed by atoms with Crippen LogP contribution in [0.1, 0.15) is 17.7 Å². The number of allylic oxidation sites excluding steroid dienone is 2. The van der Waals surface area contributed by atoms with Gasteiger partial charge in [0.15, 0.2) is 0 Å². The normalized spacial score (nSPS) is 15.3. The monoisotopic (exact) mass is 612 g/mol. The van der Waals surface area contributed by atoms with Crippen molar-refractivity contribution < 1.29 is 9.59 Å². The van der Waals surface area contributed by atoms with Crippen LogP contribution in [0.25, 0.3) is 0 Å².